The third kappa shape index (κ3) is 3.24. The lowest BCUT2D eigenvalue weighted by Gasteiger charge is -1.98. The van der Waals surface area contributed by atoms with Crippen LogP contribution < -0.4 is 5.73 Å². The maximum Gasteiger partial charge on any atom is 0.0314 e. The second-order valence-electron chi connectivity index (χ2n) is 2.39. The molecule has 0 unspecified atom stereocenters. The summed E-state index contributed by atoms with van der Waals surface area (Å²) in [5, 5.41) is 0. The molecule has 2 N–H and O–H groups in total. The minimum atomic E-state index is 0.625. The molecule has 0 aliphatic carbocycles. The molecule has 0 spiro atoms. The minimum Gasteiger partial charge on any atom is -0.399 e. The van der Waals surface area contributed by atoms with Gasteiger partial charge in [0.25, 0.3) is 0 Å². The van der Waals surface area contributed by atoms with Crippen LogP contribution in [0, 0.1) is 6.92 Å². The number of hydrogen-bond acceptors (Lipinski definition) is 1. The molecule has 0 saturated heterocycles. The summed E-state index contributed by atoms with van der Waals surface area (Å²) in [6.07, 6.45) is 0. The Bertz CT molecular complexity index is 234. The molecule has 0 saturated carbocycles. The molecule has 66 valence electrons. The van der Waals surface area contributed by atoms with Gasteiger partial charge < -0.3 is 5.73 Å². The van der Waals surface area contributed by atoms with Crippen LogP contribution in [0.5, 0.6) is 0 Å². The summed E-state index contributed by atoms with van der Waals surface area (Å²) < 4.78 is 0. The van der Waals surface area contributed by atoms with Crippen molar-refractivity contribution < 1.29 is 0 Å². The smallest absolute Gasteiger partial charge is 0.0314 e. The SMILES string of the molecule is C=C(N)c1ccc(C)cc1.CC. The molecule has 0 bridgehead atoms. The quantitative estimate of drug-likeness (QED) is 0.676. The van der Waals surface area contributed by atoms with Crippen LogP contribution in [-0.4, -0.2) is 0 Å². The molecule has 0 radical (unpaired) electrons. The van der Waals surface area contributed by atoms with Gasteiger partial charge >= 0.3 is 0 Å². The molecule has 1 heteroatoms. The molecule has 0 fully saturated rings. The molecule has 0 aliphatic heterocycles. The highest BCUT2D eigenvalue weighted by Gasteiger charge is 1.90. The third-order valence-electron chi connectivity index (χ3n) is 1.42. The van der Waals surface area contributed by atoms with Gasteiger partial charge in [-0.1, -0.05) is 50.3 Å². The van der Waals surface area contributed by atoms with Crippen LogP contribution in [0.3, 0.4) is 0 Å². The summed E-state index contributed by atoms with van der Waals surface area (Å²) >= 11 is 0. The first-order valence-electron chi connectivity index (χ1n) is 4.21. The highest BCUT2D eigenvalue weighted by Crippen LogP contribution is 2.07. The maximum absolute atomic E-state index is 5.47. The van der Waals surface area contributed by atoms with Gasteiger partial charge in [-0.2, -0.15) is 0 Å². The van der Waals surface area contributed by atoms with Crippen LogP contribution in [0.25, 0.3) is 5.70 Å². The molecule has 0 amide bonds. The second kappa shape index (κ2) is 5.42. The fourth-order valence-corrected chi connectivity index (χ4v) is 0.768. The van der Waals surface area contributed by atoms with Crippen LogP contribution in [0.4, 0.5) is 0 Å². The average molecular weight is 163 g/mol. The number of aryl methyl sites for hydroxylation is 1. The Labute approximate surface area is 74.9 Å². The molecular weight excluding hydrogens is 146 g/mol. The van der Waals surface area contributed by atoms with Crippen molar-refractivity contribution in [2.75, 3.05) is 0 Å². The highest BCUT2D eigenvalue weighted by molar-refractivity contribution is 5.60. The van der Waals surface area contributed by atoms with Crippen molar-refractivity contribution in [2.45, 2.75) is 20.8 Å². The van der Waals surface area contributed by atoms with Crippen molar-refractivity contribution in [3.8, 4) is 0 Å². The van der Waals surface area contributed by atoms with Crippen molar-refractivity contribution in [2.24, 2.45) is 5.73 Å². The van der Waals surface area contributed by atoms with Gasteiger partial charge in [0.15, 0.2) is 0 Å². The molecule has 0 aromatic heterocycles. The second-order valence-corrected chi connectivity index (χ2v) is 2.39. The number of nitrogens with two attached hydrogens (primary N) is 1. The van der Waals surface area contributed by atoms with Crippen molar-refractivity contribution in [1.82, 2.24) is 0 Å². The van der Waals surface area contributed by atoms with E-state index in [4.69, 9.17) is 5.73 Å². The Morgan fingerprint density at radius 2 is 1.58 bits per heavy atom. The Morgan fingerprint density at radius 1 is 1.17 bits per heavy atom. The minimum absolute atomic E-state index is 0.625. The van der Waals surface area contributed by atoms with Crippen molar-refractivity contribution in [3.63, 3.8) is 0 Å². The number of hydrogen-bond donors (Lipinski definition) is 1. The Kier molecular flexibility index (Phi) is 4.86. The maximum atomic E-state index is 5.47. The van der Waals surface area contributed by atoms with Gasteiger partial charge in [0.1, 0.15) is 0 Å². The van der Waals surface area contributed by atoms with E-state index >= 15 is 0 Å². The zero-order valence-corrected chi connectivity index (χ0v) is 8.09. The monoisotopic (exact) mass is 163 g/mol. The van der Waals surface area contributed by atoms with E-state index in [0.29, 0.717) is 5.70 Å². The predicted octanol–water partition coefficient (Wildman–Crippen LogP) is 2.95. The molecule has 1 nitrogen and oxygen atoms in total. The van der Waals surface area contributed by atoms with Gasteiger partial charge in [-0.3, -0.25) is 0 Å². The zero-order valence-electron chi connectivity index (χ0n) is 8.09. The molecule has 0 heterocycles. The summed E-state index contributed by atoms with van der Waals surface area (Å²) in [5.74, 6) is 0. The van der Waals surface area contributed by atoms with E-state index in [9.17, 15) is 0 Å². The molecular formula is C11H17N. The number of benzene rings is 1. The molecule has 0 atom stereocenters. The van der Waals surface area contributed by atoms with E-state index in [-0.39, 0.29) is 0 Å². The van der Waals surface area contributed by atoms with E-state index in [1.54, 1.807) is 0 Å². The zero-order chi connectivity index (χ0) is 9.56. The van der Waals surface area contributed by atoms with Gasteiger partial charge in [-0.05, 0) is 12.5 Å². The van der Waals surface area contributed by atoms with Crippen molar-refractivity contribution in [1.29, 1.82) is 0 Å². The molecule has 12 heavy (non-hydrogen) atoms. The average Bonchev–Trinajstić information content (AvgIpc) is 2.09. The van der Waals surface area contributed by atoms with Crippen LogP contribution >= 0.6 is 0 Å². The van der Waals surface area contributed by atoms with Gasteiger partial charge in [-0.15, -0.1) is 0 Å². The van der Waals surface area contributed by atoms with Crippen LogP contribution in [0.1, 0.15) is 25.0 Å². The first-order valence-corrected chi connectivity index (χ1v) is 4.21. The summed E-state index contributed by atoms with van der Waals surface area (Å²) in [6.45, 7) is 9.68. The highest BCUT2D eigenvalue weighted by atomic mass is 14.6. The summed E-state index contributed by atoms with van der Waals surface area (Å²) in [5.41, 5.74) is 8.34. The van der Waals surface area contributed by atoms with E-state index in [1.165, 1.54) is 5.56 Å². The van der Waals surface area contributed by atoms with Crippen LogP contribution in [0.15, 0.2) is 30.8 Å². The van der Waals surface area contributed by atoms with Crippen LogP contribution in [-0.2, 0) is 0 Å². The van der Waals surface area contributed by atoms with E-state index < -0.39 is 0 Å². The molecule has 1 aromatic rings. The Morgan fingerprint density at radius 3 is 1.92 bits per heavy atom. The summed E-state index contributed by atoms with van der Waals surface area (Å²) in [4.78, 5) is 0. The largest absolute Gasteiger partial charge is 0.399 e. The fourth-order valence-electron chi connectivity index (χ4n) is 0.768. The first kappa shape index (κ1) is 10.8. The van der Waals surface area contributed by atoms with Crippen molar-refractivity contribution >= 4 is 5.70 Å². The molecule has 0 aliphatic rings. The Balaban J connectivity index is 0.000000561. The lowest BCUT2D eigenvalue weighted by Crippen LogP contribution is -1.92. The van der Waals surface area contributed by atoms with Gasteiger partial charge in [0.2, 0.25) is 0 Å². The van der Waals surface area contributed by atoms with Gasteiger partial charge in [0, 0.05) is 5.70 Å². The van der Waals surface area contributed by atoms with E-state index in [1.807, 2.05) is 45.0 Å². The van der Waals surface area contributed by atoms with Gasteiger partial charge in [-0.25, -0.2) is 0 Å². The van der Waals surface area contributed by atoms with E-state index in [2.05, 4.69) is 6.58 Å². The van der Waals surface area contributed by atoms with Crippen LogP contribution in [0.2, 0.25) is 0 Å². The normalized spacial score (nSPS) is 8.25. The molecule has 1 rings (SSSR count). The topological polar surface area (TPSA) is 26.0 Å². The molecule has 1 aromatic carbocycles. The van der Waals surface area contributed by atoms with Gasteiger partial charge in [0.05, 0.1) is 0 Å². The lowest BCUT2D eigenvalue weighted by molar-refractivity contribution is 1.44. The summed E-state index contributed by atoms with van der Waals surface area (Å²) in [6, 6.07) is 7.98. The fraction of sp³-hybridized carbons (Fsp3) is 0.273. The third-order valence-corrected chi connectivity index (χ3v) is 1.42. The Hall–Kier alpha value is -1.24. The number of rotatable bonds is 1. The predicted molar refractivity (Wildman–Crippen MR) is 55.7 cm³/mol. The lowest BCUT2D eigenvalue weighted by atomic mass is 10.1. The van der Waals surface area contributed by atoms with Crippen molar-refractivity contribution in [3.05, 3.63) is 42.0 Å². The van der Waals surface area contributed by atoms with E-state index in [0.717, 1.165) is 5.56 Å². The summed E-state index contributed by atoms with van der Waals surface area (Å²) in [7, 11) is 0. The first-order chi connectivity index (χ1) is 5.70. The standard InChI is InChI=1S/C9H11N.C2H6/c1-7-3-5-9(6-4-7)8(2)10;1-2/h3-6H,2,10H2,1H3;1-2H3.